The topological polar surface area (TPSA) is 38.8 Å². The van der Waals surface area contributed by atoms with Gasteiger partial charge < -0.3 is 14.4 Å². The summed E-state index contributed by atoms with van der Waals surface area (Å²) >= 11 is 0. The number of nitrogens with zero attached hydrogens (tertiary/aromatic N) is 1. The third kappa shape index (κ3) is 3.44. The summed E-state index contributed by atoms with van der Waals surface area (Å²) in [6, 6.07) is 12.1. The molecule has 1 atom stereocenters. The highest BCUT2D eigenvalue weighted by Crippen LogP contribution is 2.31. The molecule has 1 saturated heterocycles. The Balaban J connectivity index is 1.53. The summed E-state index contributed by atoms with van der Waals surface area (Å²) in [5.74, 6) is 0.0945. The van der Waals surface area contributed by atoms with Gasteiger partial charge in [-0.15, -0.1) is 0 Å². The quantitative estimate of drug-likeness (QED) is 0.833. The van der Waals surface area contributed by atoms with Gasteiger partial charge in [-0.05, 0) is 55.5 Å². The largest absolute Gasteiger partial charge is 0.491 e. The van der Waals surface area contributed by atoms with Crippen molar-refractivity contribution in [1.29, 1.82) is 0 Å². The van der Waals surface area contributed by atoms with E-state index in [0.717, 1.165) is 37.9 Å². The summed E-state index contributed by atoms with van der Waals surface area (Å²) in [6.07, 6.45) is 3.81. The summed E-state index contributed by atoms with van der Waals surface area (Å²) in [4.78, 5) is 14.6. The smallest absolute Gasteiger partial charge is 0.258 e. The first-order valence-electron chi connectivity index (χ1n) is 9.16. The molecule has 0 spiro atoms. The number of aryl methyl sites for hydroxylation is 1. The second-order valence-corrected chi connectivity index (χ2v) is 6.78. The molecule has 4 rings (SSSR count). The first kappa shape index (κ1) is 17.0. The lowest BCUT2D eigenvalue weighted by molar-refractivity contribution is 0.0679. The van der Waals surface area contributed by atoms with Crippen molar-refractivity contribution < 1.29 is 18.7 Å². The maximum Gasteiger partial charge on any atom is 0.258 e. The highest BCUT2D eigenvalue weighted by atomic mass is 19.1. The van der Waals surface area contributed by atoms with Crippen molar-refractivity contribution in [3.63, 3.8) is 0 Å². The molecule has 1 amide bonds. The average molecular weight is 355 g/mol. The van der Waals surface area contributed by atoms with Crippen molar-refractivity contribution in [1.82, 2.24) is 0 Å². The van der Waals surface area contributed by atoms with E-state index >= 15 is 0 Å². The van der Waals surface area contributed by atoms with E-state index in [1.54, 1.807) is 29.2 Å². The van der Waals surface area contributed by atoms with Crippen LogP contribution in [0.25, 0.3) is 0 Å². The third-order valence-corrected chi connectivity index (χ3v) is 4.95. The van der Waals surface area contributed by atoms with E-state index in [1.165, 1.54) is 6.07 Å². The number of hydrogen-bond acceptors (Lipinski definition) is 3. The van der Waals surface area contributed by atoms with E-state index in [9.17, 15) is 9.18 Å². The Morgan fingerprint density at radius 3 is 2.96 bits per heavy atom. The standard InChI is InChI=1S/C21H22FNO3/c22-19-10-2-5-15-7-3-11-23(20(15)19)21(24)16-6-1-8-17(13-16)26-14-18-9-4-12-25-18/h1-2,5-6,8,10,13,18H,3-4,7,9,11-12,14H2. The molecule has 0 aliphatic carbocycles. The van der Waals surface area contributed by atoms with Gasteiger partial charge in [0.25, 0.3) is 5.91 Å². The van der Waals surface area contributed by atoms with Crippen molar-refractivity contribution in [2.45, 2.75) is 31.8 Å². The summed E-state index contributed by atoms with van der Waals surface area (Å²) in [6.45, 7) is 1.79. The number of anilines is 1. The fourth-order valence-corrected chi connectivity index (χ4v) is 3.65. The van der Waals surface area contributed by atoms with E-state index in [-0.39, 0.29) is 17.8 Å². The fourth-order valence-electron chi connectivity index (χ4n) is 3.65. The zero-order valence-electron chi connectivity index (χ0n) is 14.6. The number of amides is 1. The Hall–Kier alpha value is -2.40. The van der Waals surface area contributed by atoms with Crippen molar-refractivity contribution in [3.05, 3.63) is 59.4 Å². The molecule has 26 heavy (non-hydrogen) atoms. The van der Waals surface area contributed by atoms with Crippen LogP contribution in [-0.2, 0) is 11.2 Å². The minimum atomic E-state index is -0.346. The number of rotatable bonds is 4. The fraction of sp³-hybridized carbons (Fsp3) is 0.381. The minimum absolute atomic E-state index is 0.123. The van der Waals surface area contributed by atoms with Gasteiger partial charge in [-0.3, -0.25) is 4.79 Å². The number of carbonyl (C=O) groups is 1. The monoisotopic (exact) mass is 355 g/mol. The SMILES string of the molecule is O=C(c1cccc(OCC2CCCO2)c1)N1CCCc2cccc(F)c21. The molecule has 5 heteroatoms. The number of para-hydroxylation sites is 1. The van der Waals surface area contributed by atoms with Crippen LogP contribution in [0, 0.1) is 5.82 Å². The van der Waals surface area contributed by atoms with Gasteiger partial charge in [0.1, 0.15) is 18.2 Å². The van der Waals surface area contributed by atoms with Gasteiger partial charge in [0.05, 0.1) is 11.8 Å². The molecular weight excluding hydrogens is 333 g/mol. The van der Waals surface area contributed by atoms with Gasteiger partial charge in [0, 0.05) is 18.7 Å². The first-order chi connectivity index (χ1) is 12.7. The Bertz CT molecular complexity index is 802. The van der Waals surface area contributed by atoms with Gasteiger partial charge in [-0.2, -0.15) is 0 Å². The summed E-state index contributed by atoms with van der Waals surface area (Å²) in [5, 5.41) is 0. The van der Waals surface area contributed by atoms with E-state index in [1.807, 2.05) is 12.1 Å². The molecule has 0 saturated carbocycles. The van der Waals surface area contributed by atoms with Crippen LogP contribution in [0.4, 0.5) is 10.1 Å². The molecule has 0 aromatic heterocycles. The van der Waals surface area contributed by atoms with Crippen molar-refractivity contribution in [2.75, 3.05) is 24.7 Å². The van der Waals surface area contributed by atoms with Gasteiger partial charge in [-0.25, -0.2) is 4.39 Å². The summed E-state index contributed by atoms with van der Waals surface area (Å²) in [5.41, 5.74) is 1.80. The maximum atomic E-state index is 14.3. The Morgan fingerprint density at radius 2 is 2.12 bits per heavy atom. The first-order valence-corrected chi connectivity index (χ1v) is 9.16. The van der Waals surface area contributed by atoms with Crippen LogP contribution < -0.4 is 9.64 Å². The Labute approximate surface area is 152 Å². The van der Waals surface area contributed by atoms with Gasteiger partial charge in [-0.1, -0.05) is 18.2 Å². The van der Waals surface area contributed by atoms with E-state index in [2.05, 4.69) is 0 Å². The summed E-state index contributed by atoms with van der Waals surface area (Å²) in [7, 11) is 0. The lowest BCUT2D eigenvalue weighted by atomic mass is 10.0. The lowest BCUT2D eigenvalue weighted by Gasteiger charge is -2.30. The van der Waals surface area contributed by atoms with E-state index in [4.69, 9.17) is 9.47 Å². The molecule has 0 bridgehead atoms. The van der Waals surface area contributed by atoms with Crippen LogP contribution in [0.1, 0.15) is 35.2 Å². The van der Waals surface area contributed by atoms with Crippen LogP contribution in [0.5, 0.6) is 5.75 Å². The molecule has 1 unspecified atom stereocenters. The Morgan fingerprint density at radius 1 is 1.23 bits per heavy atom. The molecule has 1 fully saturated rings. The second kappa shape index (κ2) is 7.46. The predicted octanol–water partition coefficient (Wildman–Crippen LogP) is 3.98. The molecule has 2 aliphatic rings. The highest BCUT2D eigenvalue weighted by molar-refractivity contribution is 6.07. The van der Waals surface area contributed by atoms with Crippen molar-refractivity contribution in [3.8, 4) is 5.75 Å². The molecule has 0 radical (unpaired) electrons. The zero-order valence-corrected chi connectivity index (χ0v) is 14.6. The normalized spacial score (nSPS) is 19.3. The maximum absolute atomic E-state index is 14.3. The number of ether oxygens (including phenoxy) is 2. The van der Waals surface area contributed by atoms with E-state index in [0.29, 0.717) is 30.2 Å². The van der Waals surface area contributed by atoms with Gasteiger partial charge in [0.15, 0.2) is 0 Å². The number of hydrogen-bond donors (Lipinski definition) is 0. The lowest BCUT2D eigenvalue weighted by Crippen LogP contribution is -2.36. The predicted molar refractivity (Wildman–Crippen MR) is 97.3 cm³/mol. The molecular formula is C21H22FNO3. The van der Waals surface area contributed by atoms with Crippen LogP contribution in [-0.4, -0.2) is 31.8 Å². The average Bonchev–Trinajstić information content (AvgIpc) is 3.19. The number of fused-ring (bicyclic) bond motifs is 1. The molecule has 136 valence electrons. The third-order valence-electron chi connectivity index (χ3n) is 4.95. The van der Waals surface area contributed by atoms with E-state index < -0.39 is 0 Å². The molecule has 4 nitrogen and oxygen atoms in total. The second-order valence-electron chi connectivity index (χ2n) is 6.78. The Kier molecular flexibility index (Phi) is 4.89. The molecule has 0 N–H and O–H groups in total. The minimum Gasteiger partial charge on any atom is -0.491 e. The molecule has 2 aromatic carbocycles. The number of carbonyl (C=O) groups excluding carboxylic acids is 1. The van der Waals surface area contributed by atoms with Crippen LogP contribution in [0.3, 0.4) is 0 Å². The zero-order chi connectivity index (χ0) is 17.9. The van der Waals surface area contributed by atoms with Crippen molar-refractivity contribution >= 4 is 11.6 Å². The number of halogens is 1. The number of benzene rings is 2. The van der Waals surface area contributed by atoms with Crippen LogP contribution in [0.15, 0.2) is 42.5 Å². The van der Waals surface area contributed by atoms with Gasteiger partial charge >= 0.3 is 0 Å². The molecule has 2 heterocycles. The van der Waals surface area contributed by atoms with Crippen LogP contribution in [0.2, 0.25) is 0 Å². The molecule has 2 aliphatic heterocycles. The van der Waals surface area contributed by atoms with Crippen molar-refractivity contribution in [2.24, 2.45) is 0 Å². The highest BCUT2D eigenvalue weighted by Gasteiger charge is 2.26. The molecule has 2 aromatic rings. The van der Waals surface area contributed by atoms with Crippen LogP contribution >= 0.6 is 0 Å². The van der Waals surface area contributed by atoms with Gasteiger partial charge in [0.2, 0.25) is 0 Å². The summed E-state index contributed by atoms with van der Waals surface area (Å²) < 4.78 is 25.7.